The van der Waals surface area contributed by atoms with Gasteiger partial charge in [-0.25, -0.2) is 0 Å². The molecule has 0 amide bonds. The molecule has 1 aliphatic heterocycles. The van der Waals surface area contributed by atoms with Crippen molar-refractivity contribution in [1.82, 2.24) is 5.32 Å². The van der Waals surface area contributed by atoms with Crippen molar-refractivity contribution in [3.8, 4) is 0 Å². The number of anilines is 1. The molecule has 1 aliphatic rings. The van der Waals surface area contributed by atoms with Gasteiger partial charge in [0, 0.05) is 30.4 Å². The van der Waals surface area contributed by atoms with Gasteiger partial charge in [0.2, 0.25) is 0 Å². The molecule has 0 saturated carbocycles. The standard InChI is InChI=1S/C18H30N2/c1-6-15-8-10-16(11-9-15)20-13-18(5,7-2)19-12-17(20)14(3)4/h8-11,14,17,19H,6-7,12-13H2,1-5H3. The minimum Gasteiger partial charge on any atom is -0.365 e. The summed E-state index contributed by atoms with van der Waals surface area (Å²) in [6.07, 6.45) is 2.28. The fraction of sp³-hybridized carbons (Fsp3) is 0.667. The minimum atomic E-state index is 0.231. The molecular formula is C18H30N2. The third kappa shape index (κ3) is 3.17. The van der Waals surface area contributed by atoms with Crippen LogP contribution in [0.2, 0.25) is 0 Å². The second-order valence-corrected chi connectivity index (χ2v) is 6.75. The van der Waals surface area contributed by atoms with Gasteiger partial charge in [-0.1, -0.05) is 39.8 Å². The molecule has 112 valence electrons. The number of aryl methyl sites for hydroxylation is 1. The number of benzene rings is 1. The van der Waals surface area contributed by atoms with Crippen molar-refractivity contribution in [2.75, 3.05) is 18.0 Å². The van der Waals surface area contributed by atoms with E-state index in [9.17, 15) is 0 Å². The van der Waals surface area contributed by atoms with Crippen LogP contribution in [0.25, 0.3) is 0 Å². The average Bonchev–Trinajstić information content (AvgIpc) is 2.47. The first-order valence-electron chi connectivity index (χ1n) is 8.09. The Bertz CT molecular complexity index is 424. The summed E-state index contributed by atoms with van der Waals surface area (Å²) < 4.78 is 0. The van der Waals surface area contributed by atoms with Gasteiger partial charge in [-0.2, -0.15) is 0 Å². The zero-order valence-corrected chi connectivity index (χ0v) is 13.7. The predicted octanol–water partition coefficient (Wildman–Crippen LogP) is 3.85. The van der Waals surface area contributed by atoms with Gasteiger partial charge in [-0.15, -0.1) is 0 Å². The van der Waals surface area contributed by atoms with E-state index in [0.29, 0.717) is 12.0 Å². The third-order valence-corrected chi connectivity index (χ3v) is 4.88. The molecule has 1 aromatic carbocycles. The van der Waals surface area contributed by atoms with Crippen molar-refractivity contribution in [3.05, 3.63) is 29.8 Å². The molecule has 2 unspecified atom stereocenters. The van der Waals surface area contributed by atoms with Crippen molar-refractivity contribution >= 4 is 5.69 Å². The van der Waals surface area contributed by atoms with Gasteiger partial charge < -0.3 is 10.2 Å². The highest BCUT2D eigenvalue weighted by Crippen LogP contribution is 2.28. The summed E-state index contributed by atoms with van der Waals surface area (Å²) in [6.45, 7) is 13.7. The quantitative estimate of drug-likeness (QED) is 0.897. The summed E-state index contributed by atoms with van der Waals surface area (Å²) in [5.41, 5.74) is 3.03. The molecule has 0 aromatic heterocycles. The largest absolute Gasteiger partial charge is 0.365 e. The molecule has 0 aliphatic carbocycles. The molecule has 1 aromatic rings. The van der Waals surface area contributed by atoms with Crippen LogP contribution in [0.3, 0.4) is 0 Å². The molecule has 2 atom stereocenters. The fourth-order valence-electron chi connectivity index (χ4n) is 3.05. The third-order valence-electron chi connectivity index (χ3n) is 4.88. The Morgan fingerprint density at radius 3 is 2.40 bits per heavy atom. The Morgan fingerprint density at radius 2 is 1.90 bits per heavy atom. The number of rotatable bonds is 4. The molecular weight excluding hydrogens is 244 g/mol. The molecule has 1 heterocycles. The second kappa shape index (κ2) is 6.17. The first-order valence-corrected chi connectivity index (χ1v) is 8.09. The highest BCUT2D eigenvalue weighted by atomic mass is 15.3. The molecule has 20 heavy (non-hydrogen) atoms. The van der Waals surface area contributed by atoms with Crippen LogP contribution in [-0.2, 0) is 6.42 Å². The highest BCUT2D eigenvalue weighted by molar-refractivity contribution is 5.50. The van der Waals surface area contributed by atoms with Crippen LogP contribution in [0.15, 0.2) is 24.3 Å². The van der Waals surface area contributed by atoms with Gasteiger partial charge in [-0.3, -0.25) is 0 Å². The molecule has 1 fully saturated rings. The maximum Gasteiger partial charge on any atom is 0.0438 e. The lowest BCUT2D eigenvalue weighted by Gasteiger charge is -2.48. The van der Waals surface area contributed by atoms with Gasteiger partial charge in [-0.05, 0) is 43.4 Å². The lowest BCUT2D eigenvalue weighted by atomic mass is 9.89. The van der Waals surface area contributed by atoms with Crippen LogP contribution in [0.4, 0.5) is 5.69 Å². The number of piperazine rings is 1. The SMILES string of the molecule is CCc1ccc(N2CC(C)(CC)NCC2C(C)C)cc1. The van der Waals surface area contributed by atoms with Crippen molar-refractivity contribution in [2.45, 2.75) is 59.0 Å². The Balaban J connectivity index is 2.26. The fourth-order valence-corrected chi connectivity index (χ4v) is 3.05. The van der Waals surface area contributed by atoms with Gasteiger partial charge in [0.05, 0.1) is 0 Å². The smallest absolute Gasteiger partial charge is 0.0438 e. The monoisotopic (exact) mass is 274 g/mol. The van der Waals surface area contributed by atoms with E-state index in [-0.39, 0.29) is 5.54 Å². The average molecular weight is 274 g/mol. The van der Waals surface area contributed by atoms with Gasteiger partial charge in [0.1, 0.15) is 0 Å². The number of hydrogen-bond donors (Lipinski definition) is 1. The molecule has 0 bridgehead atoms. The second-order valence-electron chi connectivity index (χ2n) is 6.75. The maximum atomic E-state index is 3.76. The van der Waals surface area contributed by atoms with Crippen molar-refractivity contribution in [2.24, 2.45) is 5.92 Å². The van der Waals surface area contributed by atoms with E-state index in [0.717, 1.165) is 19.5 Å². The first-order chi connectivity index (χ1) is 9.49. The zero-order chi connectivity index (χ0) is 14.8. The molecule has 1 N–H and O–H groups in total. The van der Waals surface area contributed by atoms with Crippen LogP contribution in [0.5, 0.6) is 0 Å². The Hall–Kier alpha value is -1.02. The molecule has 2 rings (SSSR count). The zero-order valence-electron chi connectivity index (χ0n) is 13.7. The van der Waals surface area contributed by atoms with E-state index in [1.165, 1.54) is 17.7 Å². The molecule has 2 nitrogen and oxygen atoms in total. The summed E-state index contributed by atoms with van der Waals surface area (Å²) in [4.78, 5) is 2.62. The molecule has 1 saturated heterocycles. The lowest BCUT2D eigenvalue weighted by Crippen LogP contribution is -2.64. The highest BCUT2D eigenvalue weighted by Gasteiger charge is 2.35. The minimum absolute atomic E-state index is 0.231. The topological polar surface area (TPSA) is 15.3 Å². The summed E-state index contributed by atoms with van der Waals surface area (Å²) in [7, 11) is 0. The van der Waals surface area contributed by atoms with E-state index in [1.54, 1.807) is 0 Å². The van der Waals surface area contributed by atoms with Crippen molar-refractivity contribution < 1.29 is 0 Å². The van der Waals surface area contributed by atoms with Crippen molar-refractivity contribution in [1.29, 1.82) is 0 Å². The summed E-state index contributed by atoms with van der Waals surface area (Å²) in [5, 5.41) is 3.76. The molecule has 2 heteroatoms. The summed E-state index contributed by atoms with van der Waals surface area (Å²) in [6, 6.07) is 9.74. The van der Waals surface area contributed by atoms with E-state index in [4.69, 9.17) is 0 Å². The lowest BCUT2D eigenvalue weighted by molar-refractivity contribution is 0.253. The van der Waals surface area contributed by atoms with Gasteiger partial charge in [0.15, 0.2) is 0 Å². The van der Waals surface area contributed by atoms with Crippen molar-refractivity contribution in [3.63, 3.8) is 0 Å². The van der Waals surface area contributed by atoms with Crippen LogP contribution in [0, 0.1) is 5.92 Å². The Kier molecular flexibility index (Phi) is 4.74. The molecule has 0 radical (unpaired) electrons. The first kappa shape index (κ1) is 15.4. The predicted molar refractivity (Wildman–Crippen MR) is 88.5 cm³/mol. The number of nitrogens with zero attached hydrogens (tertiary/aromatic N) is 1. The van der Waals surface area contributed by atoms with Crippen LogP contribution in [-0.4, -0.2) is 24.7 Å². The normalized spacial score (nSPS) is 27.1. The molecule has 0 spiro atoms. The van der Waals surface area contributed by atoms with Crippen LogP contribution >= 0.6 is 0 Å². The maximum absolute atomic E-state index is 3.76. The van der Waals surface area contributed by atoms with E-state index < -0.39 is 0 Å². The van der Waals surface area contributed by atoms with E-state index in [2.05, 4.69) is 69.1 Å². The van der Waals surface area contributed by atoms with Crippen LogP contribution < -0.4 is 10.2 Å². The summed E-state index contributed by atoms with van der Waals surface area (Å²) in [5.74, 6) is 0.662. The van der Waals surface area contributed by atoms with E-state index >= 15 is 0 Å². The number of nitrogens with one attached hydrogen (secondary N) is 1. The van der Waals surface area contributed by atoms with Gasteiger partial charge in [0.25, 0.3) is 0 Å². The van der Waals surface area contributed by atoms with E-state index in [1.807, 2.05) is 0 Å². The van der Waals surface area contributed by atoms with Gasteiger partial charge >= 0.3 is 0 Å². The Labute approximate surface area is 124 Å². The Morgan fingerprint density at radius 1 is 1.25 bits per heavy atom. The number of hydrogen-bond acceptors (Lipinski definition) is 2. The summed E-state index contributed by atoms with van der Waals surface area (Å²) >= 11 is 0. The van der Waals surface area contributed by atoms with Crippen LogP contribution in [0.1, 0.15) is 46.6 Å².